The molecule has 2 fully saturated rings. The Morgan fingerprint density at radius 2 is 1.97 bits per heavy atom. The molecule has 6 heteroatoms. The van der Waals surface area contributed by atoms with E-state index in [9.17, 15) is 9.90 Å². The van der Waals surface area contributed by atoms with E-state index in [4.69, 9.17) is 4.42 Å². The molecule has 0 bridgehead atoms. The van der Waals surface area contributed by atoms with Crippen molar-refractivity contribution in [3.63, 3.8) is 0 Å². The molecule has 2 saturated heterocycles. The molecule has 1 aromatic carbocycles. The third-order valence-electron chi connectivity index (χ3n) is 6.63. The van der Waals surface area contributed by atoms with Gasteiger partial charge in [-0.3, -0.25) is 14.6 Å². The molecule has 0 amide bonds. The lowest BCUT2D eigenvalue weighted by molar-refractivity contribution is 0.00580. The van der Waals surface area contributed by atoms with Gasteiger partial charge in [-0.2, -0.15) is 0 Å². The van der Waals surface area contributed by atoms with Crippen LogP contribution in [0.15, 0.2) is 33.7 Å². The van der Waals surface area contributed by atoms with Gasteiger partial charge in [-0.05, 0) is 58.5 Å². The van der Waals surface area contributed by atoms with E-state index in [0.29, 0.717) is 29.6 Å². The number of rotatable bonds is 5. The van der Waals surface area contributed by atoms with Crippen molar-refractivity contribution in [3.05, 3.63) is 45.8 Å². The summed E-state index contributed by atoms with van der Waals surface area (Å²) in [6, 6.07) is 6.70. The normalized spacial score (nSPS) is 23.1. The first-order chi connectivity index (χ1) is 14.0. The molecule has 0 radical (unpaired) electrons. The Morgan fingerprint density at radius 1 is 1.17 bits per heavy atom. The van der Waals surface area contributed by atoms with E-state index in [1.807, 2.05) is 25.1 Å². The SMILES string of the molecule is Cc1ccc2occ(CN3CCN(C4CCN(C)CC4)C(CCO)C3)c(=O)c2c1. The largest absolute Gasteiger partial charge is 0.464 e. The minimum atomic E-state index is 0.0754. The quantitative estimate of drug-likeness (QED) is 0.831. The van der Waals surface area contributed by atoms with Gasteiger partial charge < -0.3 is 14.4 Å². The summed E-state index contributed by atoms with van der Waals surface area (Å²) in [7, 11) is 2.19. The number of likely N-dealkylation sites (tertiary alicyclic amines) is 1. The molecule has 6 nitrogen and oxygen atoms in total. The van der Waals surface area contributed by atoms with E-state index in [-0.39, 0.29) is 12.0 Å². The number of piperidine rings is 1. The summed E-state index contributed by atoms with van der Waals surface area (Å²) in [5, 5.41) is 10.3. The average molecular weight is 400 g/mol. The van der Waals surface area contributed by atoms with E-state index < -0.39 is 0 Å². The molecule has 4 rings (SSSR count). The molecule has 0 saturated carbocycles. The smallest absolute Gasteiger partial charge is 0.197 e. The highest BCUT2D eigenvalue weighted by atomic mass is 16.3. The second-order valence-corrected chi connectivity index (χ2v) is 8.76. The zero-order valence-corrected chi connectivity index (χ0v) is 17.6. The van der Waals surface area contributed by atoms with Crippen molar-refractivity contribution < 1.29 is 9.52 Å². The summed E-state index contributed by atoms with van der Waals surface area (Å²) >= 11 is 0. The second-order valence-electron chi connectivity index (χ2n) is 8.76. The summed E-state index contributed by atoms with van der Waals surface area (Å²) in [4.78, 5) is 20.3. The second kappa shape index (κ2) is 8.96. The Labute approximate surface area is 172 Å². The molecule has 3 heterocycles. The Bertz CT molecular complexity index is 889. The van der Waals surface area contributed by atoms with Crippen molar-refractivity contribution in [2.45, 2.75) is 44.8 Å². The van der Waals surface area contributed by atoms with Crippen molar-refractivity contribution in [1.29, 1.82) is 0 Å². The lowest BCUT2D eigenvalue weighted by atomic mass is 9.98. The molecule has 1 atom stereocenters. The van der Waals surface area contributed by atoms with E-state index in [1.54, 1.807) is 6.26 Å². The van der Waals surface area contributed by atoms with Crippen molar-refractivity contribution in [2.24, 2.45) is 0 Å². The van der Waals surface area contributed by atoms with Gasteiger partial charge in [-0.15, -0.1) is 0 Å². The van der Waals surface area contributed by atoms with Crippen LogP contribution in [0.5, 0.6) is 0 Å². The maximum atomic E-state index is 13.0. The van der Waals surface area contributed by atoms with Gasteiger partial charge in [0.05, 0.1) is 11.6 Å². The minimum Gasteiger partial charge on any atom is -0.464 e. The zero-order chi connectivity index (χ0) is 20.4. The molecule has 29 heavy (non-hydrogen) atoms. The van der Waals surface area contributed by atoms with Gasteiger partial charge in [-0.1, -0.05) is 11.6 Å². The Hall–Kier alpha value is -1.73. The molecule has 158 valence electrons. The number of fused-ring (bicyclic) bond motifs is 1. The highest BCUT2D eigenvalue weighted by molar-refractivity contribution is 5.77. The number of aliphatic hydroxyl groups is 1. The summed E-state index contributed by atoms with van der Waals surface area (Å²) in [5.74, 6) is 0. The van der Waals surface area contributed by atoms with Crippen LogP contribution in [0, 0.1) is 6.92 Å². The van der Waals surface area contributed by atoms with Gasteiger partial charge in [0, 0.05) is 50.4 Å². The number of hydrogen-bond acceptors (Lipinski definition) is 6. The summed E-state index contributed by atoms with van der Waals surface area (Å²) in [5.41, 5.74) is 2.51. The predicted molar refractivity (Wildman–Crippen MR) is 115 cm³/mol. The van der Waals surface area contributed by atoms with Crippen LogP contribution in [0.2, 0.25) is 0 Å². The molecule has 2 aromatic rings. The Balaban J connectivity index is 1.47. The summed E-state index contributed by atoms with van der Waals surface area (Å²) in [6.07, 6.45) is 4.82. The fraction of sp³-hybridized carbons (Fsp3) is 0.609. The van der Waals surface area contributed by atoms with Gasteiger partial charge in [-0.25, -0.2) is 0 Å². The van der Waals surface area contributed by atoms with Crippen LogP contribution >= 0.6 is 0 Å². The van der Waals surface area contributed by atoms with E-state index in [0.717, 1.165) is 50.3 Å². The van der Waals surface area contributed by atoms with Crippen LogP contribution in [0.25, 0.3) is 11.0 Å². The average Bonchev–Trinajstić information content (AvgIpc) is 2.72. The van der Waals surface area contributed by atoms with Crippen molar-refractivity contribution in [2.75, 3.05) is 46.4 Å². The third-order valence-corrected chi connectivity index (χ3v) is 6.63. The van der Waals surface area contributed by atoms with Crippen LogP contribution in [0.4, 0.5) is 0 Å². The monoisotopic (exact) mass is 399 g/mol. The Morgan fingerprint density at radius 3 is 2.72 bits per heavy atom. The molecule has 2 aliphatic heterocycles. The highest BCUT2D eigenvalue weighted by Gasteiger charge is 2.33. The molecular weight excluding hydrogens is 366 g/mol. The molecule has 1 N–H and O–H groups in total. The third kappa shape index (κ3) is 4.56. The molecule has 1 unspecified atom stereocenters. The van der Waals surface area contributed by atoms with Crippen molar-refractivity contribution in [1.82, 2.24) is 14.7 Å². The fourth-order valence-corrected chi connectivity index (χ4v) is 4.93. The number of aliphatic hydroxyl groups excluding tert-OH is 1. The number of aryl methyl sites for hydroxylation is 1. The van der Waals surface area contributed by atoms with Crippen LogP contribution in [-0.2, 0) is 6.54 Å². The van der Waals surface area contributed by atoms with E-state index in [2.05, 4.69) is 21.7 Å². The maximum Gasteiger partial charge on any atom is 0.197 e. The van der Waals surface area contributed by atoms with E-state index in [1.165, 1.54) is 12.8 Å². The fourth-order valence-electron chi connectivity index (χ4n) is 4.93. The minimum absolute atomic E-state index is 0.0754. The molecule has 2 aliphatic rings. The van der Waals surface area contributed by atoms with Crippen molar-refractivity contribution in [3.8, 4) is 0 Å². The number of piperazine rings is 1. The summed E-state index contributed by atoms with van der Waals surface area (Å²) < 4.78 is 5.74. The lowest BCUT2D eigenvalue weighted by Crippen LogP contribution is -2.58. The molecule has 0 spiro atoms. The molecule has 1 aromatic heterocycles. The molecular formula is C23H33N3O3. The van der Waals surface area contributed by atoms with Gasteiger partial charge in [0.1, 0.15) is 5.58 Å². The van der Waals surface area contributed by atoms with Crippen LogP contribution in [-0.4, -0.2) is 78.3 Å². The van der Waals surface area contributed by atoms with E-state index >= 15 is 0 Å². The lowest BCUT2D eigenvalue weighted by Gasteiger charge is -2.47. The number of benzene rings is 1. The first-order valence-corrected chi connectivity index (χ1v) is 10.8. The van der Waals surface area contributed by atoms with Gasteiger partial charge >= 0.3 is 0 Å². The standard InChI is InChI=1S/C23H33N3O3/c1-17-3-4-22-21(13-17)23(28)18(16-29-22)14-25-10-11-26(20(15-25)7-12-27)19-5-8-24(2)9-6-19/h3-4,13,16,19-20,27H,5-12,14-15H2,1-2H3. The van der Waals surface area contributed by atoms with Crippen LogP contribution in [0.1, 0.15) is 30.4 Å². The number of nitrogens with zero attached hydrogens (tertiary/aromatic N) is 3. The van der Waals surface area contributed by atoms with Crippen LogP contribution < -0.4 is 5.43 Å². The zero-order valence-electron chi connectivity index (χ0n) is 17.6. The first-order valence-electron chi connectivity index (χ1n) is 10.8. The topological polar surface area (TPSA) is 60.2 Å². The molecule has 0 aliphatic carbocycles. The van der Waals surface area contributed by atoms with Gasteiger partial charge in [0.2, 0.25) is 0 Å². The predicted octanol–water partition coefficient (Wildman–Crippen LogP) is 2.06. The first kappa shape index (κ1) is 20.5. The maximum absolute atomic E-state index is 13.0. The van der Waals surface area contributed by atoms with Gasteiger partial charge in [0.15, 0.2) is 5.43 Å². The highest BCUT2D eigenvalue weighted by Crippen LogP contribution is 2.24. The van der Waals surface area contributed by atoms with Crippen LogP contribution in [0.3, 0.4) is 0 Å². The Kier molecular flexibility index (Phi) is 6.35. The van der Waals surface area contributed by atoms with Gasteiger partial charge in [0.25, 0.3) is 0 Å². The van der Waals surface area contributed by atoms with Crippen molar-refractivity contribution >= 4 is 11.0 Å². The number of hydrogen-bond donors (Lipinski definition) is 1. The summed E-state index contributed by atoms with van der Waals surface area (Å²) in [6.45, 7) is 7.93.